The molecule has 154 valence electrons. The average molecular weight is 411 g/mol. The predicted octanol–water partition coefficient (Wildman–Crippen LogP) is 4.67. The molecule has 3 heterocycles. The first kappa shape index (κ1) is 19.2. The van der Waals surface area contributed by atoms with Crippen LogP contribution in [0.15, 0.2) is 85.1 Å². The molecule has 31 heavy (non-hydrogen) atoms. The van der Waals surface area contributed by atoms with E-state index in [0.29, 0.717) is 17.1 Å². The van der Waals surface area contributed by atoms with E-state index in [4.69, 9.17) is 9.97 Å². The highest BCUT2D eigenvalue weighted by Crippen LogP contribution is 2.28. The van der Waals surface area contributed by atoms with E-state index in [-0.39, 0.29) is 5.82 Å². The van der Waals surface area contributed by atoms with Crippen molar-refractivity contribution in [2.24, 2.45) is 0 Å². The average Bonchev–Trinajstić information content (AvgIpc) is 2.85. The smallest absolute Gasteiger partial charge is 0.162 e. The highest BCUT2D eigenvalue weighted by molar-refractivity contribution is 5.68. The third kappa shape index (κ3) is 4.10. The molecule has 0 unspecified atom stereocenters. The molecule has 2 aromatic heterocycles. The lowest BCUT2D eigenvalue weighted by molar-refractivity contribution is 0.630. The lowest BCUT2D eigenvalue weighted by atomic mass is 10.1. The second kappa shape index (κ2) is 8.52. The summed E-state index contributed by atoms with van der Waals surface area (Å²) in [6.07, 6.45) is 1.82. The summed E-state index contributed by atoms with van der Waals surface area (Å²) < 4.78 is 14.5. The second-order valence-electron chi connectivity index (χ2n) is 7.44. The molecule has 2 aromatic carbocycles. The molecule has 6 heteroatoms. The van der Waals surface area contributed by atoms with Gasteiger partial charge in [0.2, 0.25) is 0 Å². The largest absolute Gasteiger partial charge is 0.353 e. The van der Waals surface area contributed by atoms with Gasteiger partial charge in [0.05, 0.1) is 5.69 Å². The molecule has 5 rings (SSSR count). The molecule has 1 saturated heterocycles. The molecule has 0 amide bonds. The summed E-state index contributed by atoms with van der Waals surface area (Å²) in [6.45, 7) is 3.30. The van der Waals surface area contributed by atoms with Gasteiger partial charge in [-0.15, -0.1) is 0 Å². The van der Waals surface area contributed by atoms with E-state index in [1.807, 2.05) is 66.9 Å². The number of pyridine rings is 1. The number of nitrogens with zero attached hydrogens (tertiary/aromatic N) is 5. The van der Waals surface area contributed by atoms with Crippen LogP contribution in [0.25, 0.3) is 22.6 Å². The molecule has 1 aliphatic heterocycles. The molecule has 0 aliphatic carbocycles. The molecule has 0 saturated carbocycles. The topological polar surface area (TPSA) is 45.2 Å². The van der Waals surface area contributed by atoms with Gasteiger partial charge in [-0.1, -0.05) is 48.5 Å². The van der Waals surface area contributed by atoms with Gasteiger partial charge in [-0.3, -0.25) is 0 Å². The van der Waals surface area contributed by atoms with Crippen LogP contribution < -0.4 is 9.80 Å². The van der Waals surface area contributed by atoms with Gasteiger partial charge >= 0.3 is 0 Å². The Labute approximate surface area is 180 Å². The minimum absolute atomic E-state index is 0.286. The Morgan fingerprint density at radius 3 is 2.06 bits per heavy atom. The van der Waals surface area contributed by atoms with Crippen LogP contribution in [0.1, 0.15) is 0 Å². The van der Waals surface area contributed by atoms with Crippen LogP contribution in [0.3, 0.4) is 0 Å². The molecule has 0 N–H and O–H groups in total. The lowest BCUT2D eigenvalue weighted by Crippen LogP contribution is -2.47. The number of benzene rings is 2. The summed E-state index contributed by atoms with van der Waals surface area (Å²) in [5.74, 6) is 2.12. The zero-order chi connectivity index (χ0) is 21.0. The normalized spacial score (nSPS) is 14.0. The van der Waals surface area contributed by atoms with Crippen molar-refractivity contribution in [3.05, 3.63) is 90.9 Å². The quantitative estimate of drug-likeness (QED) is 0.488. The van der Waals surface area contributed by atoms with Gasteiger partial charge in [0.15, 0.2) is 5.82 Å². The molecule has 0 spiro atoms. The van der Waals surface area contributed by atoms with E-state index in [9.17, 15) is 4.39 Å². The number of halogens is 1. The Morgan fingerprint density at radius 2 is 1.35 bits per heavy atom. The van der Waals surface area contributed by atoms with Gasteiger partial charge in [0.1, 0.15) is 17.5 Å². The Hall–Kier alpha value is -3.80. The minimum Gasteiger partial charge on any atom is -0.353 e. The number of aromatic nitrogens is 3. The van der Waals surface area contributed by atoms with Crippen LogP contribution in [0, 0.1) is 5.82 Å². The second-order valence-corrected chi connectivity index (χ2v) is 7.44. The maximum absolute atomic E-state index is 14.5. The third-order valence-corrected chi connectivity index (χ3v) is 5.47. The van der Waals surface area contributed by atoms with Crippen LogP contribution in [0.4, 0.5) is 16.0 Å². The van der Waals surface area contributed by atoms with Gasteiger partial charge in [-0.05, 0) is 24.3 Å². The monoisotopic (exact) mass is 411 g/mol. The first-order valence-electron chi connectivity index (χ1n) is 10.4. The molecule has 5 nitrogen and oxygen atoms in total. The molecule has 0 atom stereocenters. The Morgan fingerprint density at radius 1 is 0.677 bits per heavy atom. The summed E-state index contributed by atoms with van der Waals surface area (Å²) >= 11 is 0. The van der Waals surface area contributed by atoms with E-state index in [1.165, 1.54) is 6.07 Å². The van der Waals surface area contributed by atoms with E-state index < -0.39 is 0 Å². The summed E-state index contributed by atoms with van der Waals surface area (Å²) in [5, 5.41) is 0. The molecule has 4 aromatic rings. The van der Waals surface area contributed by atoms with Crippen LogP contribution in [-0.4, -0.2) is 41.1 Å². The fourth-order valence-corrected chi connectivity index (χ4v) is 3.83. The van der Waals surface area contributed by atoms with Crippen molar-refractivity contribution in [1.29, 1.82) is 0 Å². The van der Waals surface area contributed by atoms with E-state index in [0.717, 1.165) is 43.4 Å². The molecule has 1 fully saturated rings. The first-order chi connectivity index (χ1) is 15.3. The standard InChI is InChI=1S/C25H22FN5/c26-21-11-5-4-10-20(21)22-18-24(29-25(28-22)19-8-2-1-3-9-19)31-16-14-30(15-17-31)23-12-6-7-13-27-23/h1-13,18H,14-17H2. The van der Waals surface area contributed by atoms with Crippen molar-refractivity contribution in [3.8, 4) is 22.6 Å². The summed E-state index contributed by atoms with van der Waals surface area (Å²) in [6, 6.07) is 24.4. The number of rotatable bonds is 4. The molecular formula is C25H22FN5. The third-order valence-electron chi connectivity index (χ3n) is 5.47. The van der Waals surface area contributed by atoms with E-state index in [1.54, 1.807) is 12.1 Å². The fourth-order valence-electron chi connectivity index (χ4n) is 3.83. The van der Waals surface area contributed by atoms with Gasteiger partial charge in [-0.25, -0.2) is 19.3 Å². The number of anilines is 2. The Balaban J connectivity index is 1.48. The summed E-state index contributed by atoms with van der Waals surface area (Å²) in [4.78, 5) is 18.5. The summed E-state index contributed by atoms with van der Waals surface area (Å²) in [5.41, 5.74) is 1.98. The van der Waals surface area contributed by atoms with Crippen LogP contribution in [0.5, 0.6) is 0 Å². The van der Waals surface area contributed by atoms with Crippen LogP contribution in [0.2, 0.25) is 0 Å². The van der Waals surface area contributed by atoms with Crippen LogP contribution in [-0.2, 0) is 0 Å². The van der Waals surface area contributed by atoms with Gasteiger partial charge < -0.3 is 9.80 Å². The van der Waals surface area contributed by atoms with E-state index >= 15 is 0 Å². The van der Waals surface area contributed by atoms with Crippen molar-refractivity contribution in [3.63, 3.8) is 0 Å². The SMILES string of the molecule is Fc1ccccc1-c1cc(N2CCN(c3ccccn3)CC2)nc(-c2ccccc2)n1. The van der Waals surface area contributed by atoms with Gasteiger partial charge in [0, 0.05) is 49.6 Å². The molecule has 0 radical (unpaired) electrons. The fraction of sp³-hybridized carbons (Fsp3) is 0.160. The highest BCUT2D eigenvalue weighted by atomic mass is 19.1. The highest BCUT2D eigenvalue weighted by Gasteiger charge is 2.21. The first-order valence-corrected chi connectivity index (χ1v) is 10.4. The number of hydrogen-bond acceptors (Lipinski definition) is 5. The zero-order valence-electron chi connectivity index (χ0n) is 17.0. The van der Waals surface area contributed by atoms with Crippen molar-refractivity contribution < 1.29 is 4.39 Å². The van der Waals surface area contributed by atoms with Gasteiger partial charge in [-0.2, -0.15) is 0 Å². The Kier molecular flexibility index (Phi) is 5.27. The molecular weight excluding hydrogens is 389 g/mol. The number of hydrogen-bond donors (Lipinski definition) is 0. The predicted molar refractivity (Wildman–Crippen MR) is 122 cm³/mol. The lowest BCUT2D eigenvalue weighted by Gasteiger charge is -2.36. The van der Waals surface area contributed by atoms with Crippen LogP contribution >= 0.6 is 0 Å². The van der Waals surface area contributed by atoms with Gasteiger partial charge in [0.25, 0.3) is 0 Å². The summed E-state index contributed by atoms with van der Waals surface area (Å²) in [7, 11) is 0. The van der Waals surface area contributed by atoms with Crippen molar-refractivity contribution in [2.75, 3.05) is 36.0 Å². The van der Waals surface area contributed by atoms with E-state index in [2.05, 4.69) is 14.8 Å². The molecule has 1 aliphatic rings. The Bertz CT molecular complexity index is 1160. The molecule has 0 bridgehead atoms. The zero-order valence-corrected chi connectivity index (χ0v) is 17.0. The van der Waals surface area contributed by atoms with Crippen molar-refractivity contribution in [2.45, 2.75) is 0 Å². The maximum atomic E-state index is 14.5. The minimum atomic E-state index is -0.286. The maximum Gasteiger partial charge on any atom is 0.162 e. The van der Waals surface area contributed by atoms with Crippen molar-refractivity contribution in [1.82, 2.24) is 15.0 Å². The number of piperazine rings is 1. The van der Waals surface area contributed by atoms with Crippen molar-refractivity contribution >= 4 is 11.6 Å².